The number of methoxy groups -OCH3 is 2. The predicted molar refractivity (Wildman–Crippen MR) is 108 cm³/mol. The van der Waals surface area contributed by atoms with Crippen LogP contribution in [0.3, 0.4) is 0 Å². The molecule has 3 rings (SSSR count). The van der Waals surface area contributed by atoms with Gasteiger partial charge in [0, 0.05) is 44.4 Å². The molecule has 0 radical (unpaired) electrons. The highest BCUT2D eigenvalue weighted by molar-refractivity contribution is 5.97. The van der Waals surface area contributed by atoms with Gasteiger partial charge in [-0.15, -0.1) is 0 Å². The van der Waals surface area contributed by atoms with E-state index in [9.17, 15) is 9.59 Å². The molecule has 1 aliphatic rings. The summed E-state index contributed by atoms with van der Waals surface area (Å²) in [5.74, 6) is 0.625. The number of benzene rings is 1. The molecule has 152 valence electrons. The summed E-state index contributed by atoms with van der Waals surface area (Å²) in [6.07, 6.45) is 3.17. The molecule has 1 fully saturated rings. The Kier molecular flexibility index (Phi) is 6.36. The summed E-state index contributed by atoms with van der Waals surface area (Å²) in [6.45, 7) is 2.26. The number of rotatable bonds is 8. The quantitative estimate of drug-likeness (QED) is 0.692. The predicted octanol–water partition coefficient (Wildman–Crippen LogP) is 1.89. The van der Waals surface area contributed by atoms with E-state index in [1.165, 1.54) is 0 Å². The van der Waals surface area contributed by atoms with E-state index in [0.717, 1.165) is 35.2 Å². The summed E-state index contributed by atoms with van der Waals surface area (Å²) >= 11 is 0. The Morgan fingerprint density at radius 2 is 1.96 bits per heavy atom. The van der Waals surface area contributed by atoms with Gasteiger partial charge < -0.3 is 19.3 Å². The number of carbonyl (C=O) groups is 2. The molecular weight excluding hydrogens is 358 g/mol. The smallest absolute Gasteiger partial charge is 0.237 e. The van der Waals surface area contributed by atoms with Crippen molar-refractivity contribution in [3.05, 3.63) is 30.0 Å². The molecule has 28 heavy (non-hydrogen) atoms. The summed E-state index contributed by atoms with van der Waals surface area (Å²) < 4.78 is 12.0. The van der Waals surface area contributed by atoms with Crippen molar-refractivity contribution in [2.24, 2.45) is 5.92 Å². The summed E-state index contributed by atoms with van der Waals surface area (Å²) in [4.78, 5) is 29.0. The normalized spacial score (nSPS) is 14.5. The number of hydrogen-bond donors (Lipinski definition) is 0. The van der Waals surface area contributed by atoms with Gasteiger partial charge in [0.1, 0.15) is 5.75 Å². The van der Waals surface area contributed by atoms with Gasteiger partial charge in [0.2, 0.25) is 11.8 Å². The van der Waals surface area contributed by atoms with E-state index in [0.29, 0.717) is 26.1 Å². The number of ether oxygens (including phenoxy) is 2. The Hall–Kier alpha value is -2.38. The third-order valence-electron chi connectivity index (χ3n) is 5.26. The first kappa shape index (κ1) is 20.4. The van der Waals surface area contributed by atoms with Gasteiger partial charge in [-0.25, -0.2) is 0 Å². The summed E-state index contributed by atoms with van der Waals surface area (Å²) in [5, 5.41) is 1.07. The van der Waals surface area contributed by atoms with Crippen LogP contribution in [0.5, 0.6) is 5.75 Å². The van der Waals surface area contributed by atoms with Crippen molar-refractivity contribution in [3.8, 4) is 5.75 Å². The first-order valence-electron chi connectivity index (χ1n) is 9.58. The maximum Gasteiger partial charge on any atom is 0.237 e. The Morgan fingerprint density at radius 1 is 1.21 bits per heavy atom. The molecule has 0 N–H and O–H groups in total. The fraction of sp³-hybridized carbons (Fsp3) is 0.524. The van der Waals surface area contributed by atoms with Crippen molar-refractivity contribution >= 4 is 22.7 Å². The molecule has 1 aliphatic heterocycles. The largest absolute Gasteiger partial charge is 0.497 e. The van der Waals surface area contributed by atoms with Crippen LogP contribution in [-0.4, -0.2) is 80.7 Å². The number of carbonyl (C=O) groups excluding carboxylic acids is 2. The SMILES string of the molecule is COCCC(=O)N1CC(C(=O)n2cc(CCN(C)C)c3ccc(OC)cc32)C1. The van der Waals surface area contributed by atoms with Crippen LogP contribution < -0.4 is 4.74 Å². The maximum atomic E-state index is 13.1. The fourth-order valence-electron chi connectivity index (χ4n) is 3.51. The number of fused-ring (bicyclic) bond motifs is 1. The Balaban J connectivity index is 1.79. The summed E-state index contributed by atoms with van der Waals surface area (Å²) in [7, 11) is 7.28. The highest BCUT2D eigenvalue weighted by Gasteiger charge is 2.36. The minimum absolute atomic E-state index is 0.0325. The highest BCUT2D eigenvalue weighted by Crippen LogP contribution is 2.29. The number of aromatic nitrogens is 1. The van der Waals surface area contributed by atoms with Crippen molar-refractivity contribution in [3.63, 3.8) is 0 Å². The van der Waals surface area contributed by atoms with E-state index in [-0.39, 0.29) is 17.7 Å². The molecule has 0 aliphatic carbocycles. The second-order valence-corrected chi connectivity index (χ2v) is 7.54. The van der Waals surface area contributed by atoms with Crippen LogP contribution in [0.2, 0.25) is 0 Å². The maximum absolute atomic E-state index is 13.1. The van der Waals surface area contributed by atoms with Crippen LogP contribution in [0.4, 0.5) is 0 Å². The zero-order valence-electron chi connectivity index (χ0n) is 17.1. The summed E-state index contributed by atoms with van der Waals surface area (Å²) in [5.41, 5.74) is 2.01. The van der Waals surface area contributed by atoms with E-state index in [2.05, 4.69) is 4.90 Å². The molecule has 7 nitrogen and oxygen atoms in total. The van der Waals surface area contributed by atoms with Crippen LogP contribution in [0.1, 0.15) is 16.8 Å². The third-order valence-corrected chi connectivity index (χ3v) is 5.26. The Morgan fingerprint density at radius 3 is 2.61 bits per heavy atom. The molecule has 1 aromatic carbocycles. The molecule has 7 heteroatoms. The zero-order valence-corrected chi connectivity index (χ0v) is 17.1. The third kappa shape index (κ3) is 4.20. The second-order valence-electron chi connectivity index (χ2n) is 7.54. The van der Waals surface area contributed by atoms with Crippen LogP contribution in [0.25, 0.3) is 10.9 Å². The van der Waals surface area contributed by atoms with Gasteiger partial charge in [-0.3, -0.25) is 14.2 Å². The lowest BCUT2D eigenvalue weighted by Gasteiger charge is -2.38. The monoisotopic (exact) mass is 387 g/mol. The lowest BCUT2D eigenvalue weighted by atomic mass is 9.98. The van der Waals surface area contributed by atoms with Crippen LogP contribution in [0.15, 0.2) is 24.4 Å². The molecule has 1 amide bonds. The van der Waals surface area contributed by atoms with Crippen molar-refractivity contribution in [2.45, 2.75) is 12.8 Å². The zero-order chi connectivity index (χ0) is 20.3. The van der Waals surface area contributed by atoms with E-state index in [1.807, 2.05) is 38.5 Å². The molecule has 0 saturated carbocycles. The fourth-order valence-corrected chi connectivity index (χ4v) is 3.51. The summed E-state index contributed by atoms with van der Waals surface area (Å²) in [6, 6.07) is 5.85. The Bertz CT molecular complexity index is 853. The molecule has 1 aromatic heterocycles. The lowest BCUT2D eigenvalue weighted by Crippen LogP contribution is -2.54. The van der Waals surface area contributed by atoms with Crippen LogP contribution >= 0.6 is 0 Å². The lowest BCUT2D eigenvalue weighted by molar-refractivity contribution is -0.137. The molecule has 2 heterocycles. The van der Waals surface area contributed by atoms with Gasteiger partial charge >= 0.3 is 0 Å². The van der Waals surface area contributed by atoms with Crippen LogP contribution in [0, 0.1) is 5.92 Å². The van der Waals surface area contributed by atoms with Gasteiger partial charge in [0.05, 0.1) is 31.6 Å². The molecule has 1 saturated heterocycles. The van der Waals surface area contributed by atoms with E-state index in [4.69, 9.17) is 9.47 Å². The van der Waals surface area contributed by atoms with E-state index in [1.54, 1.807) is 23.7 Å². The first-order chi connectivity index (χ1) is 13.4. The molecule has 0 unspecified atom stereocenters. The van der Waals surface area contributed by atoms with Gasteiger partial charge in [-0.05, 0) is 38.2 Å². The van der Waals surface area contributed by atoms with Crippen molar-refractivity contribution in [1.29, 1.82) is 0 Å². The number of hydrogen-bond acceptors (Lipinski definition) is 5. The highest BCUT2D eigenvalue weighted by atomic mass is 16.5. The topological polar surface area (TPSA) is 64.0 Å². The molecule has 2 aromatic rings. The average molecular weight is 387 g/mol. The van der Waals surface area contributed by atoms with Crippen LogP contribution in [-0.2, 0) is 16.0 Å². The van der Waals surface area contributed by atoms with Gasteiger partial charge in [-0.1, -0.05) is 0 Å². The number of amides is 1. The van der Waals surface area contributed by atoms with E-state index >= 15 is 0 Å². The van der Waals surface area contributed by atoms with Gasteiger partial charge in [0.25, 0.3) is 0 Å². The molecule has 0 bridgehead atoms. The van der Waals surface area contributed by atoms with Gasteiger partial charge in [-0.2, -0.15) is 0 Å². The number of likely N-dealkylation sites (tertiary alicyclic amines) is 1. The standard InChI is InChI=1S/C21H29N3O4/c1-22(2)9-7-15-14-24(19-11-17(28-4)5-6-18(15)19)21(26)16-12-23(13-16)20(25)8-10-27-3/h5-6,11,14,16H,7-10,12-13H2,1-4H3. The second kappa shape index (κ2) is 8.75. The Labute approximate surface area is 165 Å². The van der Waals surface area contributed by atoms with E-state index < -0.39 is 0 Å². The first-order valence-corrected chi connectivity index (χ1v) is 9.58. The minimum Gasteiger partial charge on any atom is -0.497 e. The number of likely N-dealkylation sites (N-methyl/N-ethyl adjacent to an activating group) is 1. The van der Waals surface area contributed by atoms with Gasteiger partial charge in [0.15, 0.2) is 0 Å². The minimum atomic E-state index is -0.171. The molecule has 0 spiro atoms. The molecule has 0 atom stereocenters. The van der Waals surface area contributed by atoms with Crippen molar-refractivity contribution < 1.29 is 19.1 Å². The van der Waals surface area contributed by atoms with Crippen molar-refractivity contribution in [1.82, 2.24) is 14.4 Å². The average Bonchev–Trinajstić information content (AvgIpc) is 3.01. The number of nitrogens with zero attached hydrogens (tertiary/aromatic N) is 3. The molecular formula is C21H29N3O4. The van der Waals surface area contributed by atoms with Crippen molar-refractivity contribution in [2.75, 3.05) is 54.6 Å².